The van der Waals surface area contributed by atoms with E-state index in [0.29, 0.717) is 0 Å². The van der Waals surface area contributed by atoms with Gasteiger partial charge in [0.2, 0.25) is 0 Å². The van der Waals surface area contributed by atoms with Gasteiger partial charge in [0.15, 0.2) is 11.5 Å². The standard InChI is InChI=1S/C19H21N3O2/c1-23-16-9-8-13(12-17(16)24-2)18-21-15-7-4-3-6-14(15)19-20-10-5-11-22(18)19/h3-4,6-9,12,18,21H,5,10-11H2,1-2H3. The maximum Gasteiger partial charge on any atom is 0.161 e. The fraction of sp³-hybridized carbons (Fsp3) is 0.316. The number of nitrogens with zero attached hydrogens (tertiary/aromatic N) is 2. The first-order chi connectivity index (χ1) is 11.8. The highest BCUT2D eigenvalue weighted by atomic mass is 16.5. The lowest BCUT2D eigenvalue weighted by Crippen LogP contribution is -2.46. The van der Waals surface area contributed by atoms with Crippen LogP contribution in [0.25, 0.3) is 0 Å². The SMILES string of the molecule is COc1ccc(C2Nc3ccccc3C3=NCCCN32)cc1OC. The molecule has 1 N–H and O–H groups in total. The average Bonchev–Trinajstić information content (AvgIpc) is 2.66. The molecule has 24 heavy (non-hydrogen) atoms. The first kappa shape index (κ1) is 14.9. The second-order valence-corrected chi connectivity index (χ2v) is 5.96. The van der Waals surface area contributed by atoms with Crippen LogP contribution in [0.5, 0.6) is 11.5 Å². The highest BCUT2D eigenvalue weighted by Gasteiger charge is 2.32. The average molecular weight is 323 g/mol. The number of methoxy groups -OCH3 is 2. The van der Waals surface area contributed by atoms with Gasteiger partial charge in [0, 0.05) is 24.3 Å². The van der Waals surface area contributed by atoms with Gasteiger partial charge in [-0.05, 0) is 36.2 Å². The van der Waals surface area contributed by atoms with Crippen LogP contribution in [0.3, 0.4) is 0 Å². The second kappa shape index (κ2) is 6.07. The summed E-state index contributed by atoms with van der Waals surface area (Å²) in [5.74, 6) is 2.56. The Bertz CT molecular complexity index is 788. The quantitative estimate of drug-likeness (QED) is 0.941. The number of fused-ring (bicyclic) bond motifs is 3. The fourth-order valence-corrected chi connectivity index (χ4v) is 3.43. The van der Waals surface area contributed by atoms with E-state index < -0.39 is 0 Å². The Morgan fingerprint density at radius 1 is 1.08 bits per heavy atom. The molecule has 0 aliphatic carbocycles. The highest BCUT2D eigenvalue weighted by molar-refractivity contribution is 6.05. The van der Waals surface area contributed by atoms with Gasteiger partial charge in [-0.2, -0.15) is 0 Å². The van der Waals surface area contributed by atoms with E-state index in [1.807, 2.05) is 12.1 Å². The van der Waals surface area contributed by atoms with Gasteiger partial charge in [0.25, 0.3) is 0 Å². The van der Waals surface area contributed by atoms with Crippen molar-refractivity contribution >= 4 is 11.5 Å². The van der Waals surface area contributed by atoms with Gasteiger partial charge in [0.1, 0.15) is 12.0 Å². The highest BCUT2D eigenvalue weighted by Crippen LogP contribution is 2.37. The molecule has 0 fully saturated rings. The summed E-state index contributed by atoms with van der Waals surface area (Å²) in [5.41, 5.74) is 3.43. The number of aliphatic imine (C=N–C) groups is 1. The van der Waals surface area contributed by atoms with Crippen LogP contribution >= 0.6 is 0 Å². The molecule has 2 heterocycles. The molecule has 2 aromatic rings. The molecule has 5 nitrogen and oxygen atoms in total. The zero-order valence-corrected chi connectivity index (χ0v) is 14.0. The topological polar surface area (TPSA) is 46.1 Å². The lowest BCUT2D eigenvalue weighted by atomic mass is 10.0. The summed E-state index contributed by atoms with van der Waals surface area (Å²) in [6, 6.07) is 14.4. The summed E-state index contributed by atoms with van der Waals surface area (Å²) < 4.78 is 10.8. The fourth-order valence-electron chi connectivity index (χ4n) is 3.43. The largest absolute Gasteiger partial charge is 0.493 e. The molecular formula is C19H21N3O2. The number of anilines is 1. The van der Waals surface area contributed by atoms with Gasteiger partial charge < -0.3 is 19.7 Å². The van der Waals surface area contributed by atoms with Crippen molar-refractivity contribution < 1.29 is 9.47 Å². The summed E-state index contributed by atoms with van der Waals surface area (Å²) in [7, 11) is 3.32. The third-order valence-electron chi connectivity index (χ3n) is 4.59. The number of benzene rings is 2. The summed E-state index contributed by atoms with van der Waals surface area (Å²) in [6.45, 7) is 1.87. The Morgan fingerprint density at radius 2 is 1.92 bits per heavy atom. The predicted molar refractivity (Wildman–Crippen MR) is 95.1 cm³/mol. The third-order valence-corrected chi connectivity index (χ3v) is 4.59. The van der Waals surface area contributed by atoms with Crippen LogP contribution in [0.15, 0.2) is 47.5 Å². The zero-order chi connectivity index (χ0) is 16.5. The van der Waals surface area contributed by atoms with Gasteiger partial charge in [-0.1, -0.05) is 18.2 Å². The zero-order valence-electron chi connectivity index (χ0n) is 14.0. The summed E-state index contributed by atoms with van der Waals surface area (Å²) in [6.07, 6.45) is 1.11. The summed E-state index contributed by atoms with van der Waals surface area (Å²) in [5, 5.41) is 3.65. The van der Waals surface area contributed by atoms with E-state index in [4.69, 9.17) is 14.5 Å². The molecule has 0 radical (unpaired) electrons. The second-order valence-electron chi connectivity index (χ2n) is 5.96. The Morgan fingerprint density at radius 3 is 2.75 bits per heavy atom. The predicted octanol–water partition coefficient (Wildman–Crippen LogP) is 3.28. The Labute approximate surface area is 141 Å². The number of para-hydroxylation sites is 1. The molecule has 0 bridgehead atoms. The molecular weight excluding hydrogens is 302 g/mol. The van der Waals surface area contributed by atoms with Crippen LogP contribution in [0, 0.1) is 0 Å². The normalized spacial score (nSPS) is 18.8. The maximum atomic E-state index is 5.47. The van der Waals surface area contributed by atoms with E-state index in [-0.39, 0.29) is 6.17 Å². The number of ether oxygens (including phenoxy) is 2. The van der Waals surface area contributed by atoms with Crippen molar-refractivity contribution in [1.82, 2.24) is 4.90 Å². The summed E-state index contributed by atoms with van der Waals surface area (Å²) >= 11 is 0. The number of rotatable bonds is 3. The van der Waals surface area contributed by atoms with Crippen LogP contribution < -0.4 is 14.8 Å². The van der Waals surface area contributed by atoms with Crippen molar-refractivity contribution in [3.63, 3.8) is 0 Å². The van der Waals surface area contributed by atoms with Gasteiger partial charge in [0.05, 0.1) is 14.2 Å². The number of hydrogen-bond acceptors (Lipinski definition) is 5. The van der Waals surface area contributed by atoms with Crippen LogP contribution in [0.1, 0.15) is 23.7 Å². The molecule has 2 aliphatic rings. The molecule has 0 saturated carbocycles. The van der Waals surface area contributed by atoms with Gasteiger partial charge in [-0.25, -0.2) is 0 Å². The van der Waals surface area contributed by atoms with Crippen molar-refractivity contribution in [2.24, 2.45) is 4.99 Å². The smallest absolute Gasteiger partial charge is 0.161 e. The van der Waals surface area contributed by atoms with Crippen molar-refractivity contribution in [3.8, 4) is 11.5 Å². The first-order valence-electron chi connectivity index (χ1n) is 8.21. The van der Waals surface area contributed by atoms with Crippen LogP contribution in [-0.2, 0) is 0 Å². The van der Waals surface area contributed by atoms with Crippen molar-refractivity contribution in [2.45, 2.75) is 12.6 Å². The van der Waals surface area contributed by atoms with Crippen molar-refractivity contribution in [1.29, 1.82) is 0 Å². The lowest BCUT2D eigenvalue weighted by Gasteiger charge is -2.42. The van der Waals surface area contributed by atoms with E-state index in [1.54, 1.807) is 14.2 Å². The van der Waals surface area contributed by atoms with Crippen molar-refractivity contribution in [2.75, 3.05) is 32.6 Å². The Hall–Kier alpha value is -2.69. The van der Waals surface area contributed by atoms with Gasteiger partial charge in [-0.3, -0.25) is 4.99 Å². The lowest BCUT2D eigenvalue weighted by molar-refractivity contribution is 0.319. The molecule has 4 rings (SSSR count). The molecule has 124 valence electrons. The number of amidine groups is 1. The van der Waals surface area contributed by atoms with Crippen molar-refractivity contribution in [3.05, 3.63) is 53.6 Å². The molecule has 0 spiro atoms. The number of nitrogens with one attached hydrogen (secondary N) is 1. The minimum atomic E-state index is 0.0405. The van der Waals surface area contributed by atoms with Gasteiger partial charge in [-0.15, -0.1) is 0 Å². The maximum absolute atomic E-state index is 5.47. The van der Waals surface area contributed by atoms with E-state index in [0.717, 1.165) is 48.1 Å². The first-order valence-corrected chi connectivity index (χ1v) is 8.21. The van der Waals surface area contributed by atoms with E-state index in [9.17, 15) is 0 Å². The van der Waals surface area contributed by atoms with E-state index in [2.05, 4.69) is 40.5 Å². The Kier molecular flexibility index (Phi) is 3.76. The molecule has 1 unspecified atom stereocenters. The van der Waals surface area contributed by atoms with Crippen LogP contribution in [-0.4, -0.2) is 38.0 Å². The molecule has 5 heteroatoms. The van der Waals surface area contributed by atoms with E-state index in [1.165, 1.54) is 5.56 Å². The van der Waals surface area contributed by atoms with E-state index >= 15 is 0 Å². The monoisotopic (exact) mass is 323 g/mol. The molecule has 0 aromatic heterocycles. The van der Waals surface area contributed by atoms with Crippen LogP contribution in [0.2, 0.25) is 0 Å². The molecule has 2 aliphatic heterocycles. The third kappa shape index (κ3) is 2.37. The number of hydrogen-bond donors (Lipinski definition) is 1. The molecule has 0 saturated heterocycles. The molecule has 1 atom stereocenters. The molecule has 0 amide bonds. The Balaban J connectivity index is 1.79. The minimum Gasteiger partial charge on any atom is -0.493 e. The minimum absolute atomic E-state index is 0.0405. The molecule has 2 aromatic carbocycles. The summed E-state index contributed by atoms with van der Waals surface area (Å²) in [4.78, 5) is 7.13. The van der Waals surface area contributed by atoms with Gasteiger partial charge >= 0.3 is 0 Å². The van der Waals surface area contributed by atoms with Crippen LogP contribution in [0.4, 0.5) is 5.69 Å².